The zero-order chi connectivity index (χ0) is 16.0. The molecule has 0 saturated heterocycles. The lowest BCUT2D eigenvalue weighted by molar-refractivity contribution is 0.111. The Labute approximate surface area is 141 Å². The molecule has 3 heterocycles. The molecule has 6 heteroatoms. The van der Waals surface area contributed by atoms with Gasteiger partial charge in [0.15, 0.2) is 17.8 Å². The molecule has 0 radical (unpaired) electrons. The van der Waals surface area contributed by atoms with Crippen LogP contribution in [0.1, 0.15) is 16.1 Å². The average molecular weight is 373 g/mol. The quantitative estimate of drug-likeness (QED) is 0.644. The first-order chi connectivity index (χ1) is 11.2. The SMILES string of the molecule is Cc1cc(Br)cn2c(C=O)c(-c3ccc4c(c3)OCCO4)nc12. The molecule has 1 aliphatic rings. The number of hydrogen-bond acceptors (Lipinski definition) is 4. The maximum absolute atomic E-state index is 11.7. The van der Waals surface area contributed by atoms with Crippen LogP contribution in [-0.4, -0.2) is 28.9 Å². The third kappa shape index (κ3) is 2.30. The number of benzene rings is 1. The Morgan fingerprint density at radius 3 is 2.78 bits per heavy atom. The summed E-state index contributed by atoms with van der Waals surface area (Å²) in [6.07, 6.45) is 2.68. The van der Waals surface area contributed by atoms with Gasteiger partial charge in [0.05, 0.1) is 0 Å². The van der Waals surface area contributed by atoms with E-state index in [1.54, 1.807) is 4.40 Å². The number of hydrogen-bond donors (Lipinski definition) is 0. The van der Waals surface area contributed by atoms with Crippen molar-refractivity contribution in [2.75, 3.05) is 13.2 Å². The number of nitrogens with zero attached hydrogens (tertiary/aromatic N) is 2. The summed E-state index contributed by atoms with van der Waals surface area (Å²) in [6.45, 7) is 3.04. The van der Waals surface area contributed by atoms with Crippen LogP contribution in [-0.2, 0) is 0 Å². The smallest absolute Gasteiger partial charge is 0.169 e. The number of aromatic nitrogens is 2. The van der Waals surface area contributed by atoms with Gasteiger partial charge in [-0.15, -0.1) is 0 Å². The van der Waals surface area contributed by atoms with Gasteiger partial charge in [0, 0.05) is 16.2 Å². The topological polar surface area (TPSA) is 52.8 Å². The number of carbonyl (C=O) groups is 1. The molecule has 3 aromatic rings. The van der Waals surface area contributed by atoms with Gasteiger partial charge in [0.1, 0.15) is 30.2 Å². The van der Waals surface area contributed by atoms with E-state index in [2.05, 4.69) is 20.9 Å². The Hall–Kier alpha value is -2.34. The summed E-state index contributed by atoms with van der Waals surface area (Å²) < 4.78 is 13.9. The maximum atomic E-state index is 11.7. The standard InChI is InChI=1S/C17H13BrN2O3/c1-10-6-12(18)8-20-13(9-21)16(19-17(10)20)11-2-3-14-15(7-11)23-5-4-22-14/h2-3,6-9H,4-5H2,1H3. The molecule has 1 aromatic carbocycles. The Morgan fingerprint density at radius 2 is 2.00 bits per heavy atom. The molecule has 116 valence electrons. The van der Waals surface area contributed by atoms with Crippen LogP contribution in [0.5, 0.6) is 11.5 Å². The number of aldehydes is 1. The number of pyridine rings is 1. The van der Waals surface area contributed by atoms with E-state index in [-0.39, 0.29) is 0 Å². The molecule has 0 amide bonds. The monoisotopic (exact) mass is 372 g/mol. The van der Waals surface area contributed by atoms with Gasteiger partial charge in [0.25, 0.3) is 0 Å². The van der Waals surface area contributed by atoms with E-state index in [1.165, 1.54) is 0 Å². The zero-order valence-corrected chi connectivity index (χ0v) is 14.0. The summed E-state index contributed by atoms with van der Waals surface area (Å²) in [5, 5.41) is 0. The second-order valence-corrected chi connectivity index (χ2v) is 6.27. The highest BCUT2D eigenvalue weighted by atomic mass is 79.9. The molecule has 4 rings (SSSR count). The molecule has 0 aliphatic carbocycles. The van der Waals surface area contributed by atoms with Crippen LogP contribution in [0.3, 0.4) is 0 Å². The second kappa shape index (κ2) is 5.38. The minimum Gasteiger partial charge on any atom is -0.486 e. The van der Waals surface area contributed by atoms with Crippen LogP contribution in [0.15, 0.2) is 34.9 Å². The van der Waals surface area contributed by atoms with E-state index in [4.69, 9.17) is 9.47 Å². The summed E-state index contributed by atoms with van der Waals surface area (Å²) >= 11 is 3.46. The van der Waals surface area contributed by atoms with Crippen molar-refractivity contribution in [3.8, 4) is 22.8 Å². The fourth-order valence-corrected chi connectivity index (χ4v) is 3.35. The number of carbonyl (C=O) groups excluding carboxylic acids is 1. The fourth-order valence-electron chi connectivity index (χ4n) is 2.80. The van der Waals surface area contributed by atoms with Crippen molar-refractivity contribution in [1.29, 1.82) is 0 Å². The van der Waals surface area contributed by atoms with Crippen molar-refractivity contribution in [3.63, 3.8) is 0 Å². The molecule has 0 bridgehead atoms. The van der Waals surface area contributed by atoms with Crippen molar-refractivity contribution < 1.29 is 14.3 Å². The maximum Gasteiger partial charge on any atom is 0.169 e. The highest BCUT2D eigenvalue weighted by Crippen LogP contribution is 2.35. The Morgan fingerprint density at radius 1 is 1.22 bits per heavy atom. The van der Waals surface area contributed by atoms with Crippen molar-refractivity contribution in [2.45, 2.75) is 6.92 Å². The van der Waals surface area contributed by atoms with Crippen molar-refractivity contribution in [3.05, 3.63) is 46.2 Å². The number of rotatable bonds is 2. The molecule has 0 spiro atoms. The first kappa shape index (κ1) is 14.3. The molecule has 5 nitrogen and oxygen atoms in total. The lowest BCUT2D eigenvalue weighted by atomic mass is 10.1. The number of ether oxygens (including phenoxy) is 2. The zero-order valence-electron chi connectivity index (χ0n) is 12.4. The highest BCUT2D eigenvalue weighted by molar-refractivity contribution is 9.10. The normalized spacial score (nSPS) is 13.3. The average Bonchev–Trinajstić information content (AvgIpc) is 2.93. The Bertz CT molecular complexity index is 933. The van der Waals surface area contributed by atoms with Crippen molar-refractivity contribution in [2.24, 2.45) is 0 Å². The van der Waals surface area contributed by atoms with Crippen LogP contribution in [0.25, 0.3) is 16.9 Å². The number of aryl methyl sites for hydroxylation is 1. The van der Waals surface area contributed by atoms with E-state index in [0.29, 0.717) is 30.4 Å². The summed E-state index contributed by atoms with van der Waals surface area (Å²) in [6, 6.07) is 7.59. The summed E-state index contributed by atoms with van der Waals surface area (Å²) in [4.78, 5) is 16.3. The lowest BCUT2D eigenvalue weighted by Crippen LogP contribution is -2.15. The third-order valence-electron chi connectivity index (χ3n) is 3.83. The number of imidazole rings is 1. The Kier molecular flexibility index (Phi) is 3.34. The van der Waals surface area contributed by atoms with Crippen molar-refractivity contribution in [1.82, 2.24) is 9.38 Å². The van der Waals surface area contributed by atoms with E-state index in [9.17, 15) is 4.79 Å². The first-order valence-corrected chi connectivity index (χ1v) is 8.00. The van der Waals surface area contributed by atoms with Gasteiger partial charge in [-0.25, -0.2) is 4.98 Å². The molecular weight excluding hydrogens is 360 g/mol. The van der Waals surface area contributed by atoms with Gasteiger partial charge in [0.2, 0.25) is 0 Å². The molecule has 0 N–H and O–H groups in total. The predicted molar refractivity (Wildman–Crippen MR) is 89.4 cm³/mol. The van der Waals surface area contributed by atoms with E-state index < -0.39 is 0 Å². The molecule has 1 aliphatic heterocycles. The minimum atomic E-state index is 0.515. The van der Waals surface area contributed by atoms with Gasteiger partial charge in [-0.3, -0.25) is 9.20 Å². The lowest BCUT2D eigenvalue weighted by Gasteiger charge is -2.18. The fraction of sp³-hybridized carbons (Fsp3) is 0.176. The van der Waals surface area contributed by atoms with E-state index >= 15 is 0 Å². The van der Waals surface area contributed by atoms with Gasteiger partial charge in [-0.05, 0) is 52.7 Å². The van der Waals surface area contributed by atoms with Crippen molar-refractivity contribution >= 4 is 27.9 Å². The van der Waals surface area contributed by atoms with Gasteiger partial charge >= 0.3 is 0 Å². The van der Waals surface area contributed by atoms with E-state index in [0.717, 1.165) is 33.3 Å². The molecular formula is C17H13BrN2O3. The first-order valence-electron chi connectivity index (χ1n) is 7.21. The molecule has 0 unspecified atom stereocenters. The van der Waals surface area contributed by atoms with Crippen LogP contribution in [0.4, 0.5) is 0 Å². The largest absolute Gasteiger partial charge is 0.486 e. The molecule has 0 atom stereocenters. The summed E-state index contributed by atoms with van der Waals surface area (Å²) in [7, 11) is 0. The van der Waals surface area contributed by atoms with Crippen LogP contribution < -0.4 is 9.47 Å². The van der Waals surface area contributed by atoms with Crippen LogP contribution in [0.2, 0.25) is 0 Å². The highest BCUT2D eigenvalue weighted by Gasteiger charge is 2.18. The molecule has 23 heavy (non-hydrogen) atoms. The number of halogens is 1. The molecule has 2 aromatic heterocycles. The predicted octanol–water partition coefficient (Wildman–Crippen LogP) is 3.66. The summed E-state index contributed by atoms with van der Waals surface area (Å²) in [5.74, 6) is 1.40. The third-order valence-corrected chi connectivity index (χ3v) is 4.27. The van der Waals surface area contributed by atoms with Gasteiger partial charge in [-0.1, -0.05) is 0 Å². The second-order valence-electron chi connectivity index (χ2n) is 5.36. The van der Waals surface area contributed by atoms with E-state index in [1.807, 2.05) is 37.4 Å². The van der Waals surface area contributed by atoms with Gasteiger partial charge < -0.3 is 9.47 Å². The van der Waals surface area contributed by atoms with Gasteiger partial charge in [-0.2, -0.15) is 0 Å². The minimum absolute atomic E-state index is 0.515. The van der Waals surface area contributed by atoms with Crippen LogP contribution >= 0.6 is 15.9 Å². The Balaban J connectivity index is 1.95. The molecule has 0 saturated carbocycles. The summed E-state index contributed by atoms with van der Waals surface area (Å²) in [5.41, 5.74) is 3.74. The van der Waals surface area contributed by atoms with Crippen LogP contribution in [0, 0.1) is 6.92 Å². The molecule has 0 fully saturated rings. The number of fused-ring (bicyclic) bond motifs is 2.